The second kappa shape index (κ2) is 13.6. The number of pyridine rings is 1. The standard InChI is InChI=1S/C28H33N3O5/c1-33-27-6-3-2-5-23(27)20-34-15-4-16-36-26-9-7-24(8-10-26)31-25(17-30-18-28(31)32)21-35-19-22-11-13-29-14-12-22/h2-3,5-14,25,30H,4,15-21H2,1H3/t25-/m1/s1. The van der Waals surface area contributed by atoms with E-state index in [9.17, 15) is 4.79 Å². The Balaban J connectivity index is 1.21. The van der Waals surface area contributed by atoms with Crippen LogP contribution in [-0.2, 0) is 27.5 Å². The molecular weight excluding hydrogens is 458 g/mol. The van der Waals surface area contributed by atoms with Crippen LogP contribution < -0.4 is 19.7 Å². The molecule has 0 bridgehead atoms. The van der Waals surface area contributed by atoms with E-state index in [-0.39, 0.29) is 11.9 Å². The zero-order chi connectivity index (χ0) is 25.0. The lowest BCUT2D eigenvalue weighted by Crippen LogP contribution is -2.57. The smallest absolute Gasteiger partial charge is 0.241 e. The van der Waals surface area contributed by atoms with Gasteiger partial charge in [0, 0.05) is 36.6 Å². The Labute approximate surface area is 212 Å². The van der Waals surface area contributed by atoms with Gasteiger partial charge in [0.2, 0.25) is 5.91 Å². The molecule has 0 spiro atoms. The molecule has 1 aromatic heterocycles. The van der Waals surface area contributed by atoms with Gasteiger partial charge in [-0.15, -0.1) is 0 Å². The number of rotatable bonds is 13. The van der Waals surface area contributed by atoms with E-state index in [1.54, 1.807) is 19.5 Å². The maximum absolute atomic E-state index is 12.7. The molecule has 190 valence electrons. The van der Waals surface area contributed by atoms with Gasteiger partial charge < -0.3 is 29.2 Å². The number of piperazine rings is 1. The summed E-state index contributed by atoms with van der Waals surface area (Å²) in [6.07, 6.45) is 4.26. The van der Waals surface area contributed by atoms with Crippen LogP contribution in [0.5, 0.6) is 11.5 Å². The fourth-order valence-electron chi connectivity index (χ4n) is 4.06. The van der Waals surface area contributed by atoms with Gasteiger partial charge in [-0.1, -0.05) is 18.2 Å². The molecular formula is C28H33N3O5. The fraction of sp³-hybridized carbons (Fsp3) is 0.357. The van der Waals surface area contributed by atoms with E-state index in [1.807, 2.05) is 65.6 Å². The summed E-state index contributed by atoms with van der Waals surface area (Å²) in [7, 11) is 1.66. The number of carbonyl (C=O) groups is 1. The lowest BCUT2D eigenvalue weighted by Gasteiger charge is -2.36. The molecule has 1 fully saturated rings. The molecule has 0 aliphatic carbocycles. The minimum atomic E-state index is -0.0831. The molecule has 0 radical (unpaired) electrons. The molecule has 36 heavy (non-hydrogen) atoms. The number of nitrogens with one attached hydrogen (secondary N) is 1. The zero-order valence-electron chi connectivity index (χ0n) is 20.6. The fourth-order valence-corrected chi connectivity index (χ4v) is 4.06. The summed E-state index contributed by atoms with van der Waals surface area (Å²) in [6.45, 7) is 3.55. The first kappa shape index (κ1) is 25.6. The van der Waals surface area contributed by atoms with Crippen molar-refractivity contribution in [2.75, 3.05) is 44.9 Å². The Morgan fingerprint density at radius 2 is 1.78 bits per heavy atom. The third kappa shape index (κ3) is 7.27. The summed E-state index contributed by atoms with van der Waals surface area (Å²) < 4.78 is 22.9. The molecule has 0 saturated carbocycles. The highest BCUT2D eigenvalue weighted by Gasteiger charge is 2.29. The molecule has 2 aromatic carbocycles. The average molecular weight is 492 g/mol. The van der Waals surface area contributed by atoms with E-state index in [2.05, 4.69) is 10.3 Å². The van der Waals surface area contributed by atoms with Crippen molar-refractivity contribution in [3.05, 3.63) is 84.2 Å². The predicted molar refractivity (Wildman–Crippen MR) is 137 cm³/mol. The summed E-state index contributed by atoms with van der Waals surface area (Å²) >= 11 is 0. The van der Waals surface area contributed by atoms with Crippen LogP contribution in [0.4, 0.5) is 5.69 Å². The highest BCUT2D eigenvalue weighted by molar-refractivity contribution is 5.96. The molecule has 3 aromatic rings. The van der Waals surface area contributed by atoms with Gasteiger partial charge in [-0.25, -0.2) is 0 Å². The van der Waals surface area contributed by atoms with Crippen LogP contribution in [0.1, 0.15) is 17.5 Å². The normalized spacial score (nSPS) is 15.6. The van der Waals surface area contributed by atoms with Crippen LogP contribution in [0.25, 0.3) is 0 Å². The molecule has 1 N–H and O–H groups in total. The molecule has 1 aliphatic heterocycles. The molecule has 1 amide bonds. The summed E-state index contributed by atoms with van der Waals surface area (Å²) in [5.74, 6) is 1.62. The van der Waals surface area contributed by atoms with Gasteiger partial charge in [-0.3, -0.25) is 9.78 Å². The van der Waals surface area contributed by atoms with E-state index in [0.29, 0.717) is 46.1 Å². The number of methoxy groups -OCH3 is 1. The molecule has 1 aliphatic rings. The van der Waals surface area contributed by atoms with Crippen molar-refractivity contribution in [3.8, 4) is 11.5 Å². The van der Waals surface area contributed by atoms with Crippen LogP contribution >= 0.6 is 0 Å². The number of benzene rings is 2. The van der Waals surface area contributed by atoms with Gasteiger partial charge >= 0.3 is 0 Å². The van der Waals surface area contributed by atoms with Crippen molar-refractivity contribution in [1.82, 2.24) is 10.3 Å². The molecule has 8 heteroatoms. The number of nitrogens with zero attached hydrogens (tertiary/aromatic N) is 2. The number of carbonyl (C=O) groups excluding carboxylic acids is 1. The third-order valence-electron chi connectivity index (χ3n) is 5.89. The van der Waals surface area contributed by atoms with E-state index >= 15 is 0 Å². The van der Waals surface area contributed by atoms with Crippen LogP contribution in [0.2, 0.25) is 0 Å². The monoisotopic (exact) mass is 491 g/mol. The summed E-state index contributed by atoms with van der Waals surface area (Å²) in [5, 5.41) is 3.18. The molecule has 4 rings (SSSR count). The second-order valence-electron chi connectivity index (χ2n) is 8.48. The maximum atomic E-state index is 12.7. The number of hydrogen-bond acceptors (Lipinski definition) is 7. The van der Waals surface area contributed by atoms with E-state index in [0.717, 1.165) is 34.7 Å². The average Bonchev–Trinajstić information content (AvgIpc) is 2.92. The highest BCUT2D eigenvalue weighted by Crippen LogP contribution is 2.23. The van der Waals surface area contributed by atoms with Gasteiger partial charge in [0.25, 0.3) is 0 Å². The zero-order valence-corrected chi connectivity index (χ0v) is 20.6. The first-order chi connectivity index (χ1) is 17.7. The number of anilines is 1. The van der Waals surface area contributed by atoms with Crippen LogP contribution in [0.3, 0.4) is 0 Å². The highest BCUT2D eigenvalue weighted by atomic mass is 16.5. The van der Waals surface area contributed by atoms with Gasteiger partial charge in [-0.05, 0) is 48.0 Å². The van der Waals surface area contributed by atoms with Gasteiger partial charge in [0.05, 0.1) is 52.7 Å². The van der Waals surface area contributed by atoms with Crippen molar-refractivity contribution >= 4 is 11.6 Å². The number of ether oxygens (including phenoxy) is 4. The van der Waals surface area contributed by atoms with Gasteiger partial charge in [-0.2, -0.15) is 0 Å². The molecule has 8 nitrogen and oxygen atoms in total. The van der Waals surface area contributed by atoms with Crippen molar-refractivity contribution < 1.29 is 23.7 Å². The minimum absolute atomic E-state index is 0.0274. The van der Waals surface area contributed by atoms with Crippen molar-refractivity contribution in [2.24, 2.45) is 0 Å². The lowest BCUT2D eigenvalue weighted by molar-refractivity contribution is -0.119. The topological polar surface area (TPSA) is 82.2 Å². The number of para-hydroxylation sites is 1. The maximum Gasteiger partial charge on any atom is 0.241 e. The molecule has 0 unspecified atom stereocenters. The minimum Gasteiger partial charge on any atom is -0.496 e. The third-order valence-corrected chi connectivity index (χ3v) is 5.89. The molecule has 1 saturated heterocycles. The van der Waals surface area contributed by atoms with Crippen LogP contribution in [0.15, 0.2) is 73.1 Å². The Morgan fingerprint density at radius 3 is 2.58 bits per heavy atom. The summed E-state index contributed by atoms with van der Waals surface area (Å²) in [4.78, 5) is 18.5. The van der Waals surface area contributed by atoms with Gasteiger partial charge in [0.15, 0.2) is 0 Å². The Kier molecular flexibility index (Phi) is 9.67. The van der Waals surface area contributed by atoms with Crippen LogP contribution in [0, 0.1) is 0 Å². The lowest BCUT2D eigenvalue weighted by atomic mass is 10.1. The van der Waals surface area contributed by atoms with Crippen molar-refractivity contribution in [1.29, 1.82) is 0 Å². The van der Waals surface area contributed by atoms with E-state index in [1.165, 1.54) is 0 Å². The predicted octanol–water partition coefficient (Wildman–Crippen LogP) is 3.60. The first-order valence-corrected chi connectivity index (χ1v) is 12.2. The van der Waals surface area contributed by atoms with E-state index < -0.39 is 0 Å². The van der Waals surface area contributed by atoms with Crippen molar-refractivity contribution in [3.63, 3.8) is 0 Å². The Hall–Kier alpha value is -3.46. The Bertz CT molecular complexity index is 1080. The molecule has 1 atom stereocenters. The number of aromatic nitrogens is 1. The molecule has 2 heterocycles. The largest absolute Gasteiger partial charge is 0.496 e. The van der Waals surface area contributed by atoms with Crippen LogP contribution in [-0.4, -0.2) is 57.0 Å². The number of hydrogen-bond donors (Lipinski definition) is 1. The first-order valence-electron chi connectivity index (χ1n) is 12.2. The SMILES string of the molecule is COc1ccccc1COCCCOc1ccc(N2C(=O)CNC[C@@H]2COCc2ccncc2)cc1. The second-order valence-corrected chi connectivity index (χ2v) is 8.48. The Morgan fingerprint density at radius 1 is 0.972 bits per heavy atom. The summed E-state index contributed by atoms with van der Waals surface area (Å²) in [5.41, 5.74) is 2.92. The number of amides is 1. The summed E-state index contributed by atoms with van der Waals surface area (Å²) in [6, 6.07) is 19.2. The van der Waals surface area contributed by atoms with Gasteiger partial charge in [0.1, 0.15) is 11.5 Å². The van der Waals surface area contributed by atoms with E-state index in [4.69, 9.17) is 18.9 Å². The van der Waals surface area contributed by atoms with Crippen molar-refractivity contribution in [2.45, 2.75) is 25.7 Å². The quantitative estimate of drug-likeness (QED) is 0.366.